The molecule has 1 unspecified atom stereocenters. The topological polar surface area (TPSA) is 64.6 Å². The lowest BCUT2D eigenvalue weighted by molar-refractivity contribution is 0.109. The lowest BCUT2D eigenvalue weighted by Gasteiger charge is -2.11. The number of ether oxygens (including phenoxy) is 2. The normalized spacial score (nSPS) is 19.1. The standard InChI is InChI=1S/C14H21NO4S/c1-20(16,17)14-6-4-12(5-7-14)19-10-8-15-11-13-3-2-9-18-13/h4-7,13,15H,2-3,8-11H2,1H3. The van der Waals surface area contributed by atoms with Crippen LogP contribution in [-0.4, -0.2) is 47.1 Å². The summed E-state index contributed by atoms with van der Waals surface area (Å²) in [5.74, 6) is 0.677. The Labute approximate surface area is 120 Å². The van der Waals surface area contributed by atoms with Gasteiger partial charge in [-0.3, -0.25) is 0 Å². The highest BCUT2D eigenvalue weighted by atomic mass is 32.2. The fourth-order valence-corrected chi connectivity index (χ4v) is 2.72. The maximum Gasteiger partial charge on any atom is 0.175 e. The van der Waals surface area contributed by atoms with Crippen LogP contribution in [0.4, 0.5) is 0 Å². The van der Waals surface area contributed by atoms with E-state index in [2.05, 4.69) is 5.32 Å². The van der Waals surface area contributed by atoms with Crippen LogP contribution in [0.5, 0.6) is 5.75 Å². The minimum absolute atomic E-state index is 0.307. The van der Waals surface area contributed by atoms with Crippen LogP contribution in [0, 0.1) is 0 Å². The Bertz CT molecular complexity index is 506. The largest absolute Gasteiger partial charge is 0.492 e. The molecule has 0 saturated carbocycles. The summed E-state index contributed by atoms with van der Waals surface area (Å²) in [6.45, 7) is 3.02. The molecule has 1 heterocycles. The van der Waals surface area contributed by atoms with Crippen LogP contribution >= 0.6 is 0 Å². The summed E-state index contributed by atoms with van der Waals surface area (Å²) in [6.07, 6.45) is 3.80. The Balaban J connectivity index is 1.66. The molecule has 2 rings (SSSR count). The summed E-state index contributed by atoms with van der Waals surface area (Å²) in [7, 11) is -3.14. The fraction of sp³-hybridized carbons (Fsp3) is 0.571. The summed E-state index contributed by atoms with van der Waals surface area (Å²) in [5.41, 5.74) is 0. The minimum atomic E-state index is -3.14. The molecule has 20 heavy (non-hydrogen) atoms. The van der Waals surface area contributed by atoms with Crippen LogP contribution in [-0.2, 0) is 14.6 Å². The first-order valence-electron chi connectivity index (χ1n) is 6.81. The van der Waals surface area contributed by atoms with Gasteiger partial charge in [-0.2, -0.15) is 0 Å². The number of hydrogen-bond acceptors (Lipinski definition) is 5. The fourth-order valence-electron chi connectivity index (χ4n) is 2.09. The molecule has 1 aromatic carbocycles. The average Bonchev–Trinajstić information content (AvgIpc) is 2.91. The van der Waals surface area contributed by atoms with Gasteiger partial charge in [-0.05, 0) is 37.1 Å². The molecular weight excluding hydrogens is 278 g/mol. The van der Waals surface area contributed by atoms with Crippen molar-refractivity contribution in [3.8, 4) is 5.75 Å². The van der Waals surface area contributed by atoms with E-state index < -0.39 is 9.84 Å². The van der Waals surface area contributed by atoms with Crippen LogP contribution in [0.25, 0.3) is 0 Å². The van der Waals surface area contributed by atoms with Crippen molar-refractivity contribution in [1.29, 1.82) is 0 Å². The SMILES string of the molecule is CS(=O)(=O)c1ccc(OCCNCC2CCCO2)cc1. The van der Waals surface area contributed by atoms with Crippen molar-refractivity contribution in [2.75, 3.05) is 32.6 Å². The first-order chi connectivity index (χ1) is 9.55. The van der Waals surface area contributed by atoms with Crippen LogP contribution in [0.15, 0.2) is 29.2 Å². The van der Waals surface area contributed by atoms with E-state index >= 15 is 0 Å². The third-order valence-electron chi connectivity index (χ3n) is 3.20. The molecule has 0 spiro atoms. The van der Waals surface area contributed by atoms with Crippen LogP contribution < -0.4 is 10.1 Å². The van der Waals surface area contributed by atoms with Crippen molar-refractivity contribution in [3.05, 3.63) is 24.3 Å². The zero-order chi connectivity index (χ0) is 14.4. The molecule has 1 aliphatic rings. The van der Waals surface area contributed by atoms with Crippen LogP contribution in [0.3, 0.4) is 0 Å². The Morgan fingerprint density at radius 2 is 2.10 bits per heavy atom. The molecule has 1 atom stereocenters. The lowest BCUT2D eigenvalue weighted by atomic mass is 10.2. The summed E-state index contributed by atoms with van der Waals surface area (Å²) < 4.78 is 33.7. The third-order valence-corrected chi connectivity index (χ3v) is 4.32. The van der Waals surface area contributed by atoms with Gasteiger partial charge in [-0.1, -0.05) is 0 Å². The predicted molar refractivity (Wildman–Crippen MR) is 76.9 cm³/mol. The Morgan fingerprint density at radius 1 is 1.35 bits per heavy atom. The molecule has 1 saturated heterocycles. The molecule has 0 aliphatic carbocycles. The molecule has 6 heteroatoms. The first-order valence-corrected chi connectivity index (χ1v) is 8.70. The molecule has 0 amide bonds. The van der Waals surface area contributed by atoms with Gasteiger partial charge in [0, 0.05) is 26.0 Å². The van der Waals surface area contributed by atoms with E-state index in [-0.39, 0.29) is 0 Å². The summed E-state index contributed by atoms with van der Waals surface area (Å²) in [6, 6.07) is 6.47. The van der Waals surface area contributed by atoms with Gasteiger partial charge in [0.2, 0.25) is 0 Å². The van der Waals surface area contributed by atoms with E-state index in [9.17, 15) is 8.42 Å². The molecule has 1 N–H and O–H groups in total. The molecule has 1 aromatic rings. The van der Waals surface area contributed by atoms with Gasteiger partial charge >= 0.3 is 0 Å². The second-order valence-corrected chi connectivity index (χ2v) is 6.95. The predicted octanol–water partition coefficient (Wildman–Crippen LogP) is 1.24. The van der Waals surface area contributed by atoms with Gasteiger partial charge in [-0.25, -0.2) is 8.42 Å². The van der Waals surface area contributed by atoms with Gasteiger partial charge in [0.05, 0.1) is 11.0 Å². The molecule has 0 aromatic heterocycles. The molecule has 0 bridgehead atoms. The van der Waals surface area contributed by atoms with E-state index in [1.165, 1.54) is 6.26 Å². The van der Waals surface area contributed by atoms with Crippen molar-refractivity contribution < 1.29 is 17.9 Å². The molecule has 0 radical (unpaired) electrons. The van der Waals surface area contributed by atoms with Gasteiger partial charge in [0.25, 0.3) is 0 Å². The maximum absolute atomic E-state index is 11.3. The van der Waals surface area contributed by atoms with Crippen LogP contribution in [0.1, 0.15) is 12.8 Å². The van der Waals surface area contributed by atoms with Crippen molar-refractivity contribution in [2.24, 2.45) is 0 Å². The molecule has 1 aliphatic heterocycles. The number of hydrogen-bond donors (Lipinski definition) is 1. The highest BCUT2D eigenvalue weighted by molar-refractivity contribution is 7.90. The highest BCUT2D eigenvalue weighted by Crippen LogP contribution is 2.15. The Morgan fingerprint density at radius 3 is 2.70 bits per heavy atom. The van der Waals surface area contributed by atoms with Gasteiger partial charge < -0.3 is 14.8 Å². The van der Waals surface area contributed by atoms with Crippen LogP contribution in [0.2, 0.25) is 0 Å². The Hall–Kier alpha value is -1.11. The highest BCUT2D eigenvalue weighted by Gasteiger charge is 2.14. The van der Waals surface area contributed by atoms with Gasteiger partial charge in [0.1, 0.15) is 12.4 Å². The van der Waals surface area contributed by atoms with Gasteiger partial charge in [-0.15, -0.1) is 0 Å². The van der Waals surface area contributed by atoms with Crippen molar-refractivity contribution >= 4 is 9.84 Å². The van der Waals surface area contributed by atoms with E-state index in [4.69, 9.17) is 9.47 Å². The zero-order valence-electron chi connectivity index (χ0n) is 11.7. The number of sulfone groups is 1. The quantitative estimate of drug-likeness (QED) is 0.767. The maximum atomic E-state index is 11.3. The van der Waals surface area contributed by atoms with Gasteiger partial charge in [0.15, 0.2) is 9.84 Å². The van der Waals surface area contributed by atoms with Crippen molar-refractivity contribution in [1.82, 2.24) is 5.32 Å². The smallest absolute Gasteiger partial charge is 0.175 e. The van der Waals surface area contributed by atoms with E-state index in [0.717, 1.165) is 32.5 Å². The third kappa shape index (κ3) is 4.77. The first kappa shape index (κ1) is 15.3. The monoisotopic (exact) mass is 299 g/mol. The molecule has 112 valence electrons. The van der Waals surface area contributed by atoms with E-state index in [0.29, 0.717) is 23.4 Å². The molecule has 1 fully saturated rings. The van der Waals surface area contributed by atoms with Crippen molar-refractivity contribution in [2.45, 2.75) is 23.8 Å². The number of rotatable bonds is 7. The summed E-state index contributed by atoms with van der Waals surface area (Å²) in [4.78, 5) is 0.307. The molecule has 5 nitrogen and oxygen atoms in total. The Kier molecular flexibility index (Phi) is 5.39. The number of benzene rings is 1. The second kappa shape index (κ2) is 7.06. The average molecular weight is 299 g/mol. The van der Waals surface area contributed by atoms with E-state index in [1.807, 2.05) is 0 Å². The summed E-state index contributed by atoms with van der Waals surface area (Å²) in [5, 5.41) is 3.29. The number of nitrogens with one attached hydrogen (secondary N) is 1. The second-order valence-electron chi connectivity index (χ2n) is 4.93. The van der Waals surface area contributed by atoms with E-state index in [1.54, 1.807) is 24.3 Å². The zero-order valence-corrected chi connectivity index (χ0v) is 12.5. The summed E-state index contributed by atoms with van der Waals surface area (Å²) >= 11 is 0. The lowest BCUT2D eigenvalue weighted by Crippen LogP contribution is -2.29. The minimum Gasteiger partial charge on any atom is -0.492 e. The molecular formula is C14H21NO4S. The van der Waals surface area contributed by atoms with Crippen molar-refractivity contribution in [3.63, 3.8) is 0 Å².